The molecule has 0 amide bonds. The van der Waals surface area contributed by atoms with Gasteiger partial charge in [0.2, 0.25) is 0 Å². The van der Waals surface area contributed by atoms with Gasteiger partial charge >= 0.3 is 0 Å². The maximum absolute atomic E-state index is 9.42. The molecule has 1 aliphatic carbocycles. The Morgan fingerprint density at radius 1 is 1.18 bits per heavy atom. The van der Waals surface area contributed by atoms with Gasteiger partial charge in [-0.2, -0.15) is 0 Å². The van der Waals surface area contributed by atoms with Gasteiger partial charge in [-0.3, -0.25) is 0 Å². The lowest BCUT2D eigenvalue weighted by Crippen LogP contribution is -2.44. The van der Waals surface area contributed by atoms with E-state index in [1.54, 1.807) is 0 Å². The van der Waals surface area contributed by atoms with E-state index in [9.17, 15) is 5.11 Å². The fraction of sp³-hybridized carbons (Fsp3) is 1.00. The van der Waals surface area contributed by atoms with E-state index >= 15 is 0 Å². The first-order valence-electron chi connectivity index (χ1n) is 7.39. The van der Waals surface area contributed by atoms with Gasteiger partial charge in [-0.25, -0.2) is 0 Å². The summed E-state index contributed by atoms with van der Waals surface area (Å²) in [4.78, 5) is 0. The molecule has 2 N–H and O–H groups in total. The van der Waals surface area contributed by atoms with E-state index in [-0.39, 0.29) is 6.61 Å². The molecular formula is C15H31NO. The molecule has 2 heteroatoms. The minimum atomic E-state index is 0.279. The first kappa shape index (κ1) is 15.0. The topological polar surface area (TPSA) is 32.3 Å². The van der Waals surface area contributed by atoms with E-state index in [0.717, 1.165) is 18.3 Å². The lowest BCUT2D eigenvalue weighted by atomic mass is 9.79. The highest BCUT2D eigenvalue weighted by Crippen LogP contribution is 2.30. The Bertz CT molecular complexity index is 203. The van der Waals surface area contributed by atoms with Crippen molar-refractivity contribution in [2.45, 2.75) is 71.9 Å². The van der Waals surface area contributed by atoms with E-state index in [1.165, 1.54) is 25.7 Å². The highest BCUT2D eigenvalue weighted by Gasteiger charge is 2.25. The van der Waals surface area contributed by atoms with Crippen molar-refractivity contribution in [1.82, 2.24) is 5.32 Å². The predicted octanol–water partition coefficient (Wildman–Crippen LogP) is 3.20. The zero-order valence-electron chi connectivity index (χ0n) is 12.1. The summed E-state index contributed by atoms with van der Waals surface area (Å²) < 4.78 is 0. The summed E-state index contributed by atoms with van der Waals surface area (Å²) in [5.41, 5.74) is 0. The third-order valence-corrected chi connectivity index (χ3v) is 4.11. The second-order valence-corrected chi connectivity index (χ2v) is 6.54. The second kappa shape index (κ2) is 7.38. The van der Waals surface area contributed by atoms with Crippen molar-refractivity contribution in [3.05, 3.63) is 0 Å². The van der Waals surface area contributed by atoms with Crippen LogP contribution in [-0.4, -0.2) is 23.8 Å². The molecule has 0 radical (unpaired) electrons. The highest BCUT2D eigenvalue weighted by atomic mass is 16.3. The summed E-state index contributed by atoms with van der Waals surface area (Å²) in [6, 6.07) is 0.929. The maximum Gasteiger partial charge on any atom is 0.0584 e. The summed E-state index contributed by atoms with van der Waals surface area (Å²) in [6.45, 7) is 9.40. The summed E-state index contributed by atoms with van der Waals surface area (Å²) in [5, 5.41) is 13.1. The van der Waals surface area contributed by atoms with E-state index < -0.39 is 0 Å². The normalized spacial score (nSPS) is 27.7. The number of aliphatic hydroxyl groups is 1. The third-order valence-electron chi connectivity index (χ3n) is 4.11. The van der Waals surface area contributed by atoms with E-state index in [0.29, 0.717) is 18.0 Å². The Balaban J connectivity index is 2.38. The minimum absolute atomic E-state index is 0.279. The van der Waals surface area contributed by atoms with Crippen LogP contribution in [0, 0.1) is 17.8 Å². The number of hydrogen-bond donors (Lipinski definition) is 2. The van der Waals surface area contributed by atoms with Crippen LogP contribution in [0.3, 0.4) is 0 Å². The Morgan fingerprint density at radius 2 is 1.88 bits per heavy atom. The molecule has 0 saturated heterocycles. The van der Waals surface area contributed by atoms with Gasteiger partial charge in [-0.15, -0.1) is 0 Å². The first-order valence-corrected chi connectivity index (χ1v) is 7.39. The van der Waals surface area contributed by atoms with Gasteiger partial charge in [-0.05, 0) is 37.0 Å². The van der Waals surface area contributed by atoms with Crippen molar-refractivity contribution in [2.24, 2.45) is 17.8 Å². The first-order chi connectivity index (χ1) is 8.02. The average Bonchev–Trinajstić information content (AvgIpc) is 2.28. The molecule has 0 bridgehead atoms. The fourth-order valence-electron chi connectivity index (χ4n) is 3.08. The maximum atomic E-state index is 9.42. The van der Waals surface area contributed by atoms with Gasteiger partial charge in [-0.1, -0.05) is 40.5 Å². The molecule has 17 heavy (non-hydrogen) atoms. The lowest BCUT2D eigenvalue weighted by Gasteiger charge is -2.34. The van der Waals surface area contributed by atoms with Crippen LogP contribution < -0.4 is 5.32 Å². The molecular weight excluding hydrogens is 210 g/mol. The summed E-state index contributed by atoms with van der Waals surface area (Å²) in [6.07, 6.45) is 6.41. The van der Waals surface area contributed by atoms with Crippen LogP contribution in [0.25, 0.3) is 0 Å². The van der Waals surface area contributed by atoms with Gasteiger partial charge < -0.3 is 10.4 Å². The van der Waals surface area contributed by atoms with E-state index in [2.05, 4.69) is 33.0 Å². The number of rotatable bonds is 6. The van der Waals surface area contributed by atoms with Gasteiger partial charge in [0.05, 0.1) is 6.61 Å². The molecule has 0 heterocycles. The number of hydrogen-bond acceptors (Lipinski definition) is 2. The quantitative estimate of drug-likeness (QED) is 0.748. The second-order valence-electron chi connectivity index (χ2n) is 6.54. The molecule has 1 aliphatic rings. The standard InChI is InChI=1S/C15H31NO/c1-11(2)8-15(10-17)16-14-7-5-6-13(9-14)12(3)4/h11-17H,5-10H2,1-4H3. The molecule has 0 spiro atoms. The van der Waals surface area contributed by atoms with Crippen LogP contribution in [0.1, 0.15) is 59.8 Å². The summed E-state index contributed by atoms with van der Waals surface area (Å²) >= 11 is 0. The molecule has 0 aromatic rings. The number of nitrogens with one attached hydrogen (secondary N) is 1. The van der Waals surface area contributed by atoms with E-state index in [1.807, 2.05) is 0 Å². The van der Waals surface area contributed by atoms with Gasteiger partial charge in [0.1, 0.15) is 0 Å². The molecule has 3 atom stereocenters. The van der Waals surface area contributed by atoms with Crippen LogP contribution in [0.2, 0.25) is 0 Å². The van der Waals surface area contributed by atoms with Crippen LogP contribution >= 0.6 is 0 Å². The predicted molar refractivity (Wildman–Crippen MR) is 74.0 cm³/mol. The molecule has 1 rings (SSSR count). The van der Waals surface area contributed by atoms with Crippen molar-refractivity contribution >= 4 is 0 Å². The van der Waals surface area contributed by atoms with Gasteiger partial charge in [0, 0.05) is 12.1 Å². The molecule has 0 aromatic heterocycles. The van der Waals surface area contributed by atoms with Crippen molar-refractivity contribution in [2.75, 3.05) is 6.61 Å². The van der Waals surface area contributed by atoms with Crippen LogP contribution in [0.15, 0.2) is 0 Å². The highest BCUT2D eigenvalue weighted by molar-refractivity contribution is 4.82. The van der Waals surface area contributed by atoms with Crippen molar-refractivity contribution < 1.29 is 5.11 Å². The third kappa shape index (κ3) is 5.39. The number of aliphatic hydroxyl groups excluding tert-OH is 1. The summed E-state index contributed by atoms with van der Waals surface area (Å²) in [7, 11) is 0. The Hall–Kier alpha value is -0.0800. The Morgan fingerprint density at radius 3 is 2.41 bits per heavy atom. The van der Waals surface area contributed by atoms with E-state index in [4.69, 9.17) is 0 Å². The molecule has 2 nitrogen and oxygen atoms in total. The average molecular weight is 241 g/mol. The Labute approximate surface area is 107 Å². The SMILES string of the molecule is CC(C)CC(CO)NC1CCCC(C(C)C)C1. The smallest absolute Gasteiger partial charge is 0.0584 e. The molecule has 0 aromatic carbocycles. The largest absolute Gasteiger partial charge is 0.395 e. The molecule has 1 saturated carbocycles. The van der Waals surface area contributed by atoms with Crippen molar-refractivity contribution in [3.63, 3.8) is 0 Å². The molecule has 3 unspecified atom stereocenters. The Kier molecular flexibility index (Phi) is 6.50. The van der Waals surface area contributed by atoms with Crippen molar-refractivity contribution in [1.29, 1.82) is 0 Å². The molecule has 0 aliphatic heterocycles. The molecule has 102 valence electrons. The van der Waals surface area contributed by atoms with Crippen molar-refractivity contribution in [3.8, 4) is 0 Å². The fourth-order valence-corrected chi connectivity index (χ4v) is 3.08. The minimum Gasteiger partial charge on any atom is -0.395 e. The van der Waals surface area contributed by atoms with Gasteiger partial charge in [0.15, 0.2) is 0 Å². The lowest BCUT2D eigenvalue weighted by molar-refractivity contribution is 0.175. The molecule has 1 fully saturated rings. The van der Waals surface area contributed by atoms with Gasteiger partial charge in [0.25, 0.3) is 0 Å². The zero-order chi connectivity index (χ0) is 12.8. The monoisotopic (exact) mass is 241 g/mol. The van der Waals surface area contributed by atoms with Crippen LogP contribution in [-0.2, 0) is 0 Å². The van der Waals surface area contributed by atoms with Crippen LogP contribution in [0.4, 0.5) is 0 Å². The summed E-state index contributed by atoms with van der Waals surface area (Å²) in [5.74, 6) is 2.33. The zero-order valence-corrected chi connectivity index (χ0v) is 12.1. The van der Waals surface area contributed by atoms with Crippen LogP contribution in [0.5, 0.6) is 0 Å².